The van der Waals surface area contributed by atoms with Crippen LogP contribution in [0.5, 0.6) is 0 Å². The highest BCUT2D eigenvalue weighted by Gasteiger charge is 2.17. The molecule has 24 heavy (non-hydrogen) atoms. The van der Waals surface area contributed by atoms with E-state index in [0.29, 0.717) is 6.04 Å². The molecule has 128 valence electrons. The molecule has 5 nitrogen and oxygen atoms in total. The SMILES string of the molecule is CCn1c(CN(Cc2cnn(C)c2)C(C)C)nc2cc(F)ccc21. The third-order valence-corrected chi connectivity index (χ3v) is 4.32. The highest BCUT2D eigenvalue weighted by atomic mass is 19.1. The minimum absolute atomic E-state index is 0.245. The summed E-state index contributed by atoms with van der Waals surface area (Å²) in [6, 6.07) is 5.18. The van der Waals surface area contributed by atoms with Crippen molar-refractivity contribution in [2.24, 2.45) is 7.05 Å². The molecule has 0 saturated carbocycles. The van der Waals surface area contributed by atoms with Crippen molar-refractivity contribution < 1.29 is 4.39 Å². The van der Waals surface area contributed by atoms with Gasteiger partial charge in [0.25, 0.3) is 0 Å². The maximum absolute atomic E-state index is 13.5. The molecule has 2 heterocycles. The first-order valence-corrected chi connectivity index (χ1v) is 8.34. The number of benzene rings is 1. The summed E-state index contributed by atoms with van der Waals surface area (Å²) in [5.74, 6) is 0.724. The maximum Gasteiger partial charge on any atom is 0.125 e. The second-order valence-electron chi connectivity index (χ2n) is 6.43. The van der Waals surface area contributed by atoms with Crippen molar-refractivity contribution in [1.82, 2.24) is 24.2 Å². The molecule has 0 N–H and O–H groups in total. The van der Waals surface area contributed by atoms with Gasteiger partial charge in [0.15, 0.2) is 0 Å². The third-order valence-electron chi connectivity index (χ3n) is 4.32. The second kappa shape index (κ2) is 6.73. The van der Waals surface area contributed by atoms with E-state index in [9.17, 15) is 4.39 Å². The van der Waals surface area contributed by atoms with Crippen LogP contribution in [-0.2, 0) is 26.7 Å². The lowest BCUT2D eigenvalue weighted by molar-refractivity contribution is 0.196. The molecule has 2 aromatic heterocycles. The van der Waals surface area contributed by atoms with Crippen LogP contribution >= 0.6 is 0 Å². The summed E-state index contributed by atoms with van der Waals surface area (Å²) >= 11 is 0. The lowest BCUT2D eigenvalue weighted by atomic mass is 10.2. The summed E-state index contributed by atoms with van der Waals surface area (Å²) in [5.41, 5.74) is 2.88. The number of aromatic nitrogens is 4. The lowest BCUT2D eigenvalue weighted by Gasteiger charge is -2.25. The highest BCUT2D eigenvalue weighted by molar-refractivity contribution is 5.76. The van der Waals surface area contributed by atoms with Crippen LogP contribution in [0.25, 0.3) is 11.0 Å². The van der Waals surface area contributed by atoms with Crippen LogP contribution in [0.2, 0.25) is 0 Å². The van der Waals surface area contributed by atoms with E-state index in [1.165, 1.54) is 17.7 Å². The van der Waals surface area contributed by atoms with E-state index < -0.39 is 0 Å². The Morgan fingerprint density at radius 3 is 2.67 bits per heavy atom. The molecular formula is C18H24FN5. The summed E-state index contributed by atoms with van der Waals surface area (Å²) in [5, 5.41) is 4.24. The molecule has 1 aromatic carbocycles. The minimum Gasteiger partial charge on any atom is -0.327 e. The number of halogens is 1. The maximum atomic E-state index is 13.5. The van der Waals surface area contributed by atoms with Gasteiger partial charge in [0, 0.05) is 44.0 Å². The average Bonchev–Trinajstić information content (AvgIpc) is 3.08. The van der Waals surface area contributed by atoms with E-state index in [0.717, 1.165) is 36.5 Å². The summed E-state index contributed by atoms with van der Waals surface area (Å²) in [7, 11) is 1.92. The summed E-state index contributed by atoms with van der Waals surface area (Å²) in [6.07, 6.45) is 3.93. The fourth-order valence-corrected chi connectivity index (χ4v) is 3.02. The Hall–Kier alpha value is -2.21. The van der Waals surface area contributed by atoms with Crippen LogP contribution in [0.4, 0.5) is 4.39 Å². The molecule has 0 amide bonds. The van der Waals surface area contributed by atoms with E-state index in [2.05, 4.69) is 40.3 Å². The van der Waals surface area contributed by atoms with E-state index in [1.54, 1.807) is 0 Å². The highest BCUT2D eigenvalue weighted by Crippen LogP contribution is 2.20. The number of aryl methyl sites for hydroxylation is 2. The molecule has 0 aliphatic rings. The first kappa shape index (κ1) is 16.6. The van der Waals surface area contributed by atoms with Gasteiger partial charge in [-0.15, -0.1) is 0 Å². The first-order chi connectivity index (χ1) is 11.5. The number of rotatable bonds is 6. The molecule has 0 aliphatic carbocycles. The van der Waals surface area contributed by atoms with E-state index in [4.69, 9.17) is 0 Å². The fourth-order valence-electron chi connectivity index (χ4n) is 3.02. The molecule has 0 fully saturated rings. The van der Waals surface area contributed by atoms with Crippen molar-refractivity contribution in [3.8, 4) is 0 Å². The Morgan fingerprint density at radius 1 is 1.25 bits per heavy atom. The summed E-state index contributed by atoms with van der Waals surface area (Å²) in [4.78, 5) is 7.02. The van der Waals surface area contributed by atoms with Crippen LogP contribution in [0.1, 0.15) is 32.2 Å². The smallest absolute Gasteiger partial charge is 0.125 e. The molecule has 3 aromatic rings. The quantitative estimate of drug-likeness (QED) is 0.696. The van der Waals surface area contributed by atoms with Crippen molar-refractivity contribution in [2.75, 3.05) is 0 Å². The molecule has 0 unspecified atom stereocenters. The lowest BCUT2D eigenvalue weighted by Crippen LogP contribution is -2.31. The average molecular weight is 329 g/mol. The van der Waals surface area contributed by atoms with Gasteiger partial charge in [-0.1, -0.05) is 0 Å². The number of hydrogen-bond donors (Lipinski definition) is 0. The zero-order valence-electron chi connectivity index (χ0n) is 14.7. The Bertz CT molecular complexity index is 833. The molecule has 0 radical (unpaired) electrons. The molecule has 0 bridgehead atoms. The molecule has 0 atom stereocenters. The first-order valence-electron chi connectivity index (χ1n) is 8.34. The van der Waals surface area contributed by atoms with Gasteiger partial charge in [-0.2, -0.15) is 5.10 Å². The van der Waals surface area contributed by atoms with Gasteiger partial charge in [-0.3, -0.25) is 9.58 Å². The summed E-state index contributed by atoms with van der Waals surface area (Å²) in [6.45, 7) is 8.79. The van der Waals surface area contributed by atoms with Gasteiger partial charge >= 0.3 is 0 Å². The van der Waals surface area contributed by atoms with Gasteiger partial charge < -0.3 is 4.57 Å². The Morgan fingerprint density at radius 2 is 2.04 bits per heavy atom. The largest absolute Gasteiger partial charge is 0.327 e. The number of fused-ring (bicyclic) bond motifs is 1. The van der Waals surface area contributed by atoms with Gasteiger partial charge in [0.2, 0.25) is 0 Å². The number of nitrogens with zero attached hydrogens (tertiary/aromatic N) is 5. The Labute approximate surface area is 141 Å². The standard InChI is InChI=1S/C18H24FN5/c1-5-24-17-7-6-15(19)8-16(17)21-18(24)12-23(13(2)3)11-14-9-20-22(4)10-14/h6-10,13H,5,11-12H2,1-4H3. The Balaban J connectivity index is 1.90. The monoisotopic (exact) mass is 329 g/mol. The van der Waals surface area contributed by atoms with Crippen molar-refractivity contribution in [3.63, 3.8) is 0 Å². The third kappa shape index (κ3) is 3.33. The predicted octanol–water partition coefficient (Wildman–Crippen LogP) is 3.34. The zero-order chi connectivity index (χ0) is 17.3. The van der Waals surface area contributed by atoms with Gasteiger partial charge in [0.1, 0.15) is 11.6 Å². The zero-order valence-corrected chi connectivity index (χ0v) is 14.7. The van der Waals surface area contributed by atoms with Gasteiger partial charge in [-0.25, -0.2) is 9.37 Å². The molecular weight excluding hydrogens is 305 g/mol. The van der Waals surface area contributed by atoms with Crippen molar-refractivity contribution in [3.05, 3.63) is 47.8 Å². The molecule has 3 rings (SSSR count). The molecule has 0 spiro atoms. The van der Waals surface area contributed by atoms with Crippen molar-refractivity contribution in [2.45, 2.75) is 46.4 Å². The molecule has 0 aliphatic heterocycles. The minimum atomic E-state index is -0.245. The van der Waals surface area contributed by atoms with Crippen LogP contribution in [0, 0.1) is 5.82 Å². The predicted molar refractivity (Wildman–Crippen MR) is 93.0 cm³/mol. The molecule has 6 heteroatoms. The number of hydrogen-bond acceptors (Lipinski definition) is 3. The topological polar surface area (TPSA) is 38.9 Å². The normalized spacial score (nSPS) is 12.0. The van der Waals surface area contributed by atoms with E-state index in [1.807, 2.05) is 30.2 Å². The second-order valence-corrected chi connectivity index (χ2v) is 6.43. The molecule has 0 saturated heterocycles. The van der Waals surface area contributed by atoms with Crippen molar-refractivity contribution in [1.29, 1.82) is 0 Å². The number of imidazole rings is 1. The van der Waals surface area contributed by atoms with Crippen LogP contribution < -0.4 is 0 Å². The van der Waals surface area contributed by atoms with Gasteiger partial charge in [0.05, 0.1) is 23.8 Å². The van der Waals surface area contributed by atoms with E-state index in [-0.39, 0.29) is 5.82 Å². The van der Waals surface area contributed by atoms with Crippen molar-refractivity contribution >= 4 is 11.0 Å². The van der Waals surface area contributed by atoms with Crippen LogP contribution in [0.3, 0.4) is 0 Å². The van der Waals surface area contributed by atoms with E-state index >= 15 is 0 Å². The van der Waals surface area contributed by atoms with Crippen LogP contribution in [-0.4, -0.2) is 30.3 Å². The van der Waals surface area contributed by atoms with Gasteiger partial charge in [-0.05, 0) is 32.9 Å². The summed E-state index contributed by atoms with van der Waals surface area (Å²) < 4.78 is 17.5. The fraction of sp³-hybridized carbons (Fsp3) is 0.444. The Kier molecular flexibility index (Phi) is 4.66. The van der Waals surface area contributed by atoms with Crippen LogP contribution in [0.15, 0.2) is 30.6 Å².